The van der Waals surface area contributed by atoms with Crippen LogP contribution in [-0.2, 0) is 17.7 Å². The summed E-state index contributed by atoms with van der Waals surface area (Å²) in [5, 5.41) is 4.63. The molecule has 0 atom stereocenters. The average Bonchev–Trinajstić information content (AvgIpc) is 3.25. The van der Waals surface area contributed by atoms with Crippen molar-refractivity contribution < 1.29 is 14.3 Å². The second kappa shape index (κ2) is 9.27. The predicted molar refractivity (Wildman–Crippen MR) is 119 cm³/mol. The topological polar surface area (TPSA) is 60.3 Å². The van der Waals surface area contributed by atoms with Crippen LogP contribution in [0, 0.1) is 6.92 Å². The van der Waals surface area contributed by atoms with Crippen LogP contribution in [0.25, 0.3) is 10.9 Å². The summed E-state index contributed by atoms with van der Waals surface area (Å²) in [5.74, 6) is -0.591. The molecule has 0 aliphatic heterocycles. The normalized spacial score (nSPS) is 11.0. The molecule has 2 aromatic heterocycles. The molecule has 1 aromatic carbocycles. The van der Waals surface area contributed by atoms with Crippen molar-refractivity contribution in [2.45, 2.75) is 53.5 Å². The van der Waals surface area contributed by atoms with Crippen molar-refractivity contribution in [3.05, 3.63) is 52.0 Å². The molecule has 29 heavy (non-hydrogen) atoms. The Balaban J connectivity index is 2.02. The Morgan fingerprint density at radius 3 is 2.62 bits per heavy atom. The van der Waals surface area contributed by atoms with Crippen LogP contribution >= 0.6 is 11.3 Å². The summed E-state index contributed by atoms with van der Waals surface area (Å²) in [6.07, 6.45) is 2.83. The van der Waals surface area contributed by atoms with Crippen LogP contribution in [0.5, 0.6) is 0 Å². The third-order valence-corrected chi connectivity index (χ3v) is 6.22. The van der Waals surface area contributed by atoms with E-state index >= 15 is 0 Å². The first-order valence-electron chi connectivity index (χ1n) is 10.2. The number of nitrogens with one attached hydrogen (secondary N) is 1. The number of thiophene rings is 1. The number of fused-ring (bicyclic) bond motifs is 1. The van der Waals surface area contributed by atoms with Crippen LogP contribution in [0.2, 0.25) is 0 Å². The summed E-state index contributed by atoms with van der Waals surface area (Å²) in [5.41, 5.74) is 3.10. The van der Waals surface area contributed by atoms with Gasteiger partial charge in [-0.25, -0.2) is 4.79 Å². The number of para-hydroxylation sites is 1. The molecule has 3 aromatic rings. The molecule has 0 saturated heterocycles. The minimum atomic E-state index is -0.401. The molecule has 154 valence electrons. The molecule has 0 aliphatic carbocycles. The van der Waals surface area contributed by atoms with Crippen LogP contribution in [0.15, 0.2) is 30.3 Å². The number of carbonyl (C=O) groups excluding carboxylic acids is 2. The fraction of sp³-hybridized carbons (Fsp3) is 0.391. The highest BCUT2D eigenvalue weighted by Gasteiger charge is 2.23. The van der Waals surface area contributed by atoms with Gasteiger partial charge in [-0.2, -0.15) is 0 Å². The Morgan fingerprint density at radius 2 is 1.93 bits per heavy atom. The van der Waals surface area contributed by atoms with Gasteiger partial charge in [-0.05, 0) is 44.4 Å². The largest absolute Gasteiger partial charge is 0.462 e. The van der Waals surface area contributed by atoms with Gasteiger partial charge in [-0.15, -0.1) is 11.3 Å². The SMILES string of the molecule is CCCCn1c(C(=O)Nc2sc(CC)cc2C(=O)OCC)c(C)c2ccccc21. The third-order valence-electron chi connectivity index (χ3n) is 5.03. The monoisotopic (exact) mass is 412 g/mol. The Hall–Kier alpha value is -2.60. The molecular weight excluding hydrogens is 384 g/mol. The second-order valence-electron chi connectivity index (χ2n) is 6.98. The minimum absolute atomic E-state index is 0.190. The number of unbranched alkanes of at least 4 members (excludes halogenated alkanes) is 1. The molecular formula is C23H28N2O3S. The Kier molecular flexibility index (Phi) is 6.75. The molecule has 0 unspecified atom stereocenters. The molecule has 5 nitrogen and oxygen atoms in total. The summed E-state index contributed by atoms with van der Waals surface area (Å²) >= 11 is 1.43. The van der Waals surface area contributed by atoms with E-state index in [4.69, 9.17) is 4.74 Å². The molecule has 0 bridgehead atoms. The zero-order chi connectivity index (χ0) is 21.0. The first-order valence-corrected chi connectivity index (χ1v) is 11.0. The van der Waals surface area contributed by atoms with E-state index in [0.29, 0.717) is 22.9 Å². The van der Waals surface area contributed by atoms with E-state index in [2.05, 4.69) is 22.9 Å². The number of carbonyl (C=O) groups is 2. The van der Waals surface area contributed by atoms with Gasteiger partial charge in [-0.1, -0.05) is 38.5 Å². The maximum absolute atomic E-state index is 13.3. The van der Waals surface area contributed by atoms with Gasteiger partial charge in [0.15, 0.2) is 0 Å². The molecule has 6 heteroatoms. The number of anilines is 1. The van der Waals surface area contributed by atoms with Crippen LogP contribution < -0.4 is 5.32 Å². The maximum Gasteiger partial charge on any atom is 0.341 e. The van der Waals surface area contributed by atoms with Gasteiger partial charge in [0.2, 0.25) is 0 Å². The number of amides is 1. The highest BCUT2D eigenvalue weighted by atomic mass is 32.1. The van der Waals surface area contributed by atoms with E-state index in [1.165, 1.54) is 11.3 Å². The lowest BCUT2D eigenvalue weighted by Crippen LogP contribution is -2.19. The van der Waals surface area contributed by atoms with Gasteiger partial charge in [0.25, 0.3) is 5.91 Å². The zero-order valence-electron chi connectivity index (χ0n) is 17.5. The van der Waals surface area contributed by atoms with Crippen molar-refractivity contribution in [2.24, 2.45) is 0 Å². The maximum atomic E-state index is 13.3. The number of hydrogen-bond donors (Lipinski definition) is 1. The van der Waals surface area contributed by atoms with Gasteiger partial charge < -0.3 is 14.6 Å². The first kappa shape index (κ1) is 21.1. The summed E-state index contributed by atoms with van der Waals surface area (Å²) < 4.78 is 7.27. The molecule has 1 amide bonds. The predicted octanol–water partition coefficient (Wildman–Crippen LogP) is 5.80. The number of nitrogens with zero attached hydrogens (tertiary/aromatic N) is 1. The number of rotatable bonds is 8. The van der Waals surface area contributed by atoms with E-state index in [9.17, 15) is 9.59 Å². The van der Waals surface area contributed by atoms with Gasteiger partial charge in [0.05, 0.1) is 12.2 Å². The molecule has 0 aliphatic rings. The standard InChI is InChI=1S/C23H28N2O3S/c1-5-8-13-25-19-12-10-9-11-17(19)15(4)20(25)21(26)24-22-18(23(27)28-7-3)14-16(6-2)29-22/h9-12,14H,5-8,13H2,1-4H3,(H,24,26). The second-order valence-corrected chi connectivity index (χ2v) is 8.12. The fourth-order valence-corrected chi connectivity index (χ4v) is 4.53. The number of esters is 1. The van der Waals surface area contributed by atoms with E-state index in [1.54, 1.807) is 6.92 Å². The summed E-state index contributed by atoms with van der Waals surface area (Å²) in [7, 11) is 0. The summed E-state index contributed by atoms with van der Waals surface area (Å²) in [6.45, 7) is 9.01. The smallest absolute Gasteiger partial charge is 0.341 e. The summed E-state index contributed by atoms with van der Waals surface area (Å²) in [4.78, 5) is 26.7. The van der Waals surface area contributed by atoms with Crippen LogP contribution in [0.4, 0.5) is 5.00 Å². The van der Waals surface area contributed by atoms with E-state index in [0.717, 1.165) is 47.2 Å². The molecule has 0 radical (unpaired) electrons. The average molecular weight is 413 g/mol. The number of aryl methyl sites for hydroxylation is 3. The Morgan fingerprint density at radius 1 is 1.17 bits per heavy atom. The van der Waals surface area contributed by atoms with Crippen LogP contribution in [0.3, 0.4) is 0 Å². The number of hydrogen-bond acceptors (Lipinski definition) is 4. The number of benzene rings is 1. The van der Waals surface area contributed by atoms with Gasteiger partial charge in [0.1, 0.15) is 10.7 Å². The van der Waals surface area contributed by atoms with Crippen molar-refractivity contribution in [3.63, 3.8) is 0 Å². The molecule has 0 saturated carbocycles. The van der Waals surface area contributed by atoms with Crippen LogP contribution in [-0.4, -0.2) is 23.1 Å². The molecule has 3 rings (SSSR count). The summed E-state index contributed by atoms with van der Waals surface area (Å²) in [6, 6.07) is 9.91. The first-order chi connectivity index (χ1) is 14.0. The van der Waals surface area contributed by atoms with Gasteiger partial charge in [0, 0.05) is 22.3 Å². The lowest BCUT2D eigenvalue weighted by Gasteiger charge is -2.12. The minimum Gasteiger partial charge on any atom is -0.462 e. The van der Waals surface area contributed by atoms with E-state index in [1.807, 2.05) is 38.1 Å². The number of ether oxygens (including phenoxy) is 1. The van der Waals surface area contributed by atoms with Crippen molar-refractivity contribution in [1.82, 2.24) is 4.57 Å². The highest BCUT2D eigenvalue weighted by Crippen LogP contribution is 2.32. The fourth-order valence-electron chi connectivity index (χ4n) is 3.55. The lowest BCUT2D eigenvalue weighted by molar-refractivity contribution is 0.0528. The zero-order valence-corrected chi connectivity index (χ0v) is 18.3. The quantitative estimate of drug-likeness (QED) is 0.476. The van der Waals surface area contributed by atoms with Crippen molar-refractivity contribution >= 4 is 39.1 Å². The molecule has 1 N–H and O–H groups in total. The highest BCUT2D eigenvalue weighted by molar-refractivity contribution is 7.16. The Labute approximate surface area is 175 Å². The van der Waals surface area contributed by atoms with E-state index in [-0.39, 0.29) is 5.91 Å². The third kappa shape index (κ3) is 4.22. The van der Waals surface area contributed by atoms with Crippen molar-refractivity contribution in [2.75, 3.05) is 11.9 Å². The molecule has 2 heterocycles. The van der Waals surface area contributed by atoms with Gasteiger partial charge >= 0.3 is 5.97 Å². The van der Waals surface area contributed by atoms with Crippen LogP contribution in [0.1, 0.15) is 64.9 Å². The number of aromatic nitrogens is 1. The lowest BCUT2D eigenvalue weighted by atomic mass is 10.1. The Bertz CT molecular complexity index is 1030. The van der Waals surface area contributed by atoms with Crippen molar-refractivity contribution in [1.29, 1.82) is 0 Å². The van der Waals surface area contributed by atoms with Crippen molar-refractivity contribution in [3.8, 4) is 0 Å². The molecule has 0 spiro atoms. The van der Waals surface area contributed by atoms with E-state index < -0.39 is 5.97 Å². The van der Waals surface area contributed by atoms with Gasteiger partial charge in [-0.3, -0.25) is 4.79 Å². The molecule has 0 fully saturated rings.